The number of phenols is 1. The van der Waals surface area contributed by atoms with Crippen LogP contribution in [0.2, 0.25) is 5.02 Å². The summed E-state index contributed by atoms with van der Waals surface area (Å²) in [6.07, 6.45) is 0. The Morgan fingerprint density at radius 2 is 1.70 bits per heavy atom. The van der Waals surface area contributed by atoms with Crippen molar-refractivity contribution in [3.05, 3.63) is 82.6 Å². The zero-order chi connectivity index (χ0) is 19.1. The fraction of sp³-hybridized carbons (Fsp3) is 0.0870. The SMILES string of the molecule is Cc1ccc(O)c(-c2nc3ccc(Cl)cc3c(-c3ccccc3F)c2C)c1. The number of hydrogen-bond acceptors (Lipinski definition) is 2. The molecule has 0 saturated carbocycles. The van der Waals surface area contributed by atoms with E-state index in [1.807, 2.05) is 32.0 Å². The Kier molecular flexibility index (Phi) is 4.33. The molecule has 0 fully saturated rings. The van der Waals surface area contributed by atoms with Gasteiger partial charge in [-0.3, -0.25) is 0 Å². The van der Waals surface area contributed by atoms with Gasteiger partial charge in [-0.05, 0) is 61.4 Å². The van der Waals surface area contributed by atoms with Gasteiger partial charge in [0.25, 0.3) is 0 Å². The van der Waals surface area contributed by atoms with E-state index in [0.29, 0.717) is 27.4 Å². The zero-order valence-corrected chi connectivity index (χ0v) is 15.7. The van der Waals surface area contributed by atoms with Crippen LogP contribution in [0.1, 0.15) is 11.1 Å². The average Bonchev–Trinajstić information content (AvgIpc) is 2.64. The van der Waals surface area contributed by atoms with Crippen molar-refractivity contribution in [1.82, 2.24) is 4.98 Å². The largest absolute Gasteiger partial charge is 0.507 e. The van der Waals surface area contributed by atoms with E-state index < -0.39 is 0 Å². The van der Waals surface area contributed by atoms with E-state index in [-0.39, 0.29) is 11.6 Å². The van der Waals surface area contributed by atoms with Crippen molar-refractivity contribution >= 4 is 22.5 Å². The summed E-state index contributed by atoms with van der Waals surface area (Å²) in [5.41, 5.74) is 4.96. The van der Waals surface area contributed by atoms with E-state index in [1.54, 1.807) is 36.4 Å². The summed E-state index contributed by atoms with van der Waals surface area (Å²) < 4.78 is 14.7. The molecule has 2 nitrogen and oxygen atoms in total. The van der Waals surface area contributed by atoms with Gasteiger partial charge < -0.3 is 5.11 Å². The molecule has 27 heavy (non-hydrogen) atoms. The third kappa shape index (κ3) is 3.04. The van der Waals surface area contributed by atoms with Crippen LogP contribution in [0.5, 0.6) is 5.75 Å². The molecular weight excluding hydrogens is 361 g/mol. The van der Waals surface area contributed by atoms with Gasteiger partial charge in [0.15, 0.2) is 0 Å². The van der Waals surface area contributed by atoms with Crippen LogP contribution in [0.3, 0.4) is 0 Å². The molecule has 0 radical (unpaired) electrons. The van der Waals surface area contributed by atoms with Gasteiger partial charge in [0.05, 0.1) is 11.2 Å². The molecule has 0 aliphatic heterocycles. The van der Waals surface area contributed by atoms with Crippen molar-refractivity contribution in [1.29, 1.82) is 0 Å². The normalized spacial score (nSPS) is 11.1. The van der Waals surface area contributed by atoms with Gasteiger partial charge in [-0.1, -0.05) is 41.4 Å². The van der Waals surface area contributed by atoms with Crippen LogP contribution < -0.4 is 0 Å². The Labute approximate surface area is 161 Å². The fourth-order valence-electron chi connectivity index (χ4n) is 3.44. The lowest BCUT2D eigenvalue weighted by Crippen LogP contribution is -1.97. The molecular formula is C23H17ClFNO. The topological polar surface area (TPSA) is 33.1 Å². The molecule has 4 aromatic rings. The first kappa shape index (κ1) is 17.5. The Balaban J connectivity index is 2.15. The summed E-state index contributed by atoms with van der Waals surface area (Å²) in [6.45, 7) is 3.85. The second-order valence-electron chi connectivity index (χ2n) is 6.62. The number of hydrogen-bond donors (Lipinski definition) is 1. The number of aryl methyl sites for hydroxylation is 1. The van der Waals surface area contributed by atoms with Gasteiger partial charge >= 0.3 is 0 Å². The summed E-state index contributed by atoms with van der Waals surface area (Å²) in [5.74, 6) is -0.170. The standard InChI is InChI=1S/C23H17ClFNO/c1-13-7-10-21(27)18(11-13)23-14(2)22(16-5-3-4-6-19(16)25)17-12-15(24)8-9-20(17)26-23/h3-12,27H,1-2H3. The molecule has 0 aliphatic carbocycles. The van der Waals surface area contributed by atoms with Crippen molar-refractivity contribution in [2.45, 2.75) is 13.8 Å². The second-order valence-corrected chi connectivity index (χ2v) is 7.06. The van der Waals surface area contributed by atoms with Crippen LogP contribution >= 0.6 is 11.6 Å². The fourth-order valence-corrected chi connectivity index (χ4v) is 3.62. The summed E-state index contributed by atoms with van der Waals surface area (Å²) in [5, 5.41) is 11.8. The summed E-state index contributed by atoms with van der Waals surface area (Å²) in [6, 6.07) is 17.4. The van der Waals surface area contributed by atoms with Gasteiger partial charge in [-0.15, -0.1) is 0 Å². The lowest BCUT2D eigenvalue weighted by molar-refractivity contribution is 0.477. The number of nitrogens with zero attached hydrogens (tertiary/aromatic N) is 1. The number of halogens is 2. The molecule has 1 heterocycles. The minimum absolute atomic E-state index is 0.143. The van der Waals surface area contributed by atoms with Crippen LogP contribution in [0, 0.1) is 19.7 Å². The maximum absolute atomic E-state index is 14.7. The Bertz CT molecular complexity index is 1190. The van der Waals surface area contributed by atoms with Gasteiger partial charge in [0.1, 0.15) is 11.6 Å². The second kappa shape index (κ2) is 6.67. The molecule has 0 aliphatic rings. The highest BCUT2D eigenvalue weighted by molar-refractivity contribution is 6.31. The molecule has 4 rings (SSSR count). The maximum atomic E-state index is 14.7. The van der Waals surface area contributed by atoms with Crippen LogP contribution in [-0.4, -0.2) is 10.1 Å². The van der Waals surface area contributed by atoms with Gasteiger partial charge in [-0.2, -0.15) is 0 Å². The van der Waals surface area contributed by atoms with Crippen molar-refractivity contribution in [2.24, 2.45) is 0 Å². The van der Waals surface area contributed by atoms with Crippen LogP contribution in [0.25, 0.3) is 33.3 Å². The number of aromatic nitrogens is 1. The predicted octanol–water partition coefficient (Wildman–Crippen LogP) is 6.68. The summed E-state index contributed by atoms with van der Waals surface area (Å²) >= 11 is 6.21. The van der Waals surface area contributed by atoms with Crippen molar-refractivity contribution in [3.63, 3.8) is 0 Å². The van der Waals surface area contributed by atoms with Crippen LogP contribution in [0.4, 0.5) is 4.39 Å². The molecule has 0 unspecified atom stereocenters. The van der Waals surface area contributed by atoms with Gasteiger partial charge in [0.2, 0.25) is 0 Å². The Morgan fingerprint density at radius 1 is 0.926 bits per heavy atom. The zero-order valence-electron chi connectivity index (χ0n) is 14.9. The average molecular weight is 378 g/mol. The molecule has 4 heteroatoms. The smallest absolute Gasteiger partial charge is 0.131 e. The quantitative estimate of drug-likeness (QED) is 0.422. The third-order valence-corrected chi connectivity index (χ3v) is 4.98. The van der Waals surface area contributed by atoms with Crippen molar-refractivity contribution in [2.75, 3.05) is 0 Å². The maximum Gasteiger partial charge on any atom is 0.131 e. The molecule has 1 aromatic heterocycles. The summed E-state index contributed by atoms with van der Waals surface area (Å²) in [7, 11) is 0. The van der Waals surface area contributed by atoms with Crippen LogP contribution in [0.15, 0.2) is 60.7 Å². The van der Waals surface area contributed by atoms with E-state index >= 15 is 0 Å². The molecule has 0 atom stereocenters. The first-order chi connectivity index (χ1) is 13.0. The minimum atomic E-state index is -0.313. The molecule has 134 valence electrons. The molecule has 0 amide bonds. The molecule has 1 N–H and O–H groups in total. The number of pyridine rings is 1. The highest BCUT2D eigenvalue weighted by atomic mass is 35.5. The van der Waals surface area contributed by atoms with Gasteiger partial charge in [-0.25, -0.2) is 9.37 Å². The van der Waals surface area contributed by atoms with Crippen molar-refractivity contribution < 1.29 is 9.50 Å². The van der Waals surface area contributed by atoms with Gasteiger partial charge in [0, 0.05) is 21.5 Å². The number of benzene rings is 3. The number of fused-ring (bicyclic) bond motifs is 1. The third-order valence-electron chi connectivity index (χ3n) is 4.74. The van der Waals surface area contributed by atoms with E-state index in [9.17, 15) is 9.50 Å². The van der Waals surface area contributed by atoms with E-state index in [2.05, 4.69) is 0 Å². The highest BCUT2D eigenvalue weighted by Crippen LogP contribution is 2.40. The molecule has 0 bridgehead atoms. The lowest BCUT2D eigenvalue weighted by Gasteiger charge is -2.17. The Hall–Kier alpha value is -2.91. The lowest BCUT2D eigenvalue weighted by atomic mass is 9.92. The van der Waals surface area contributed by atoms with E-state index in [1.165, 1.54) is 6.07 Å². The van der Waals surface area contributed by atoms with Crippen molar-refractivity contribution in [3.8, 4) is 28.1 Å². The molecule has 0 saturated heterocycles. The number of aromatic hydroxyl groups is 1. The first-order valence-electron chi connectivity index (χ1n) is 8.60. The Morgan fingerprint density at radius 3 is 2.48 bits per heavy atom. The number of rotatable bonds is 2. The predicted molar refractivity (Wildman–Crippen MR) is 109 cm³/mol. The van der Waals surface area contributed by atoms with Crippen LogP contribution in [-0.2, 0) is 0 Å². The summed E-state index contributed by atoms with van der Waals surface area (Å²) in [4.78, 5) is 4.76. The highest BCUT2D eigenvalue weighted by Gasteiger charge is 2.19. The minimum Gasteiger partial charge on any atom is -0.507 e. The van der Waals surface area contributed by atoms with E-state index in [0.717, 1.165) is 22.1 Å². The van der Waals surface area contributed by atoms with E-state index in [4.69, 9.17) is 16.6 Å². The first-order valence-corrected chi connectivity index (χ1v) is 8.98. The molecule has 3 aromatic carbocycles. The monoisotopic (exact) mass is 377 g/mol. The number of phenolic OH excluding ortho intramolecular Hbond substituents is 1. The molecule has 0 spiro atoms.